The zero-order valence-electron chi connectivity index (χ0n) is 22.3. The van der Waals surface area contributed by atoms with Crippen LogP contribution in [0.1, 0.15) is 151 Å². The summed E-state index contributed by atoms with van der Waals surface area (Å²) in [6.07, 6.45) is 22.4. The van der Waals surface area contributed by atoms with Crippen molar-refractivity contribution in [3.05, 3.63) is 0 Å². The van der Waals surface area contributed by atoms with Crippen molar-refractivity contribution in [2.24, 2.45) is 5.92 Å². The number of hydrogen-bond acceptors (Lipinski definition) is 0. The van der Waals surface area contributed by atoms with Gasteiger partial charge in [0.15, 0.2) is 0 Å². The van der Waals surface area contributed by atoms with Gasteiger partial charge in [-0.1, -0.05) is 93.4 Å². The van der Waals surface area contributed by atoms with Crippen molar-refractivity contribution in [2.75, 3.05) is 19.6 Å². The second kappa shape index (κ2) is 20.1. The molecule has 0 bridgehead atoms. The molecule has 0 aliphatic rings. The zero-order valence-corrected chi connectivity index (χ0v) is 23.9. The molecule has 0 saturated heterocycles. The highest BCUT2D eigenvalue weighted by atomic mass is 79.9. The molecule has 2 heteroatoms. The first-order valence-corrected chi connectivity index (χ1v) is 13.9. The third kappa shape index (κ3) is 9.93. The van der Waals surface area contributed by atoms with Crippen molar-refractivity contribution in [1.29, 1.82) is 0 Å². The Labute approximate surface area is 203 Å². The first kappa shape index (κ1) is 32.6. The molecule has 0 aromatic heterocycles. The molecule has 30 heavy (non-hydrogen) atoms. The highest BCUT2D eigenvalue weighted by Crippen LogP contribution is 2.46. The Bertz CT molecular complexity index is 325. The molecule has 0 aromatic rings. The fourth-order valence-electron chi connectivity index (χ4n) is 6.05. The van der Waals surface area contributed by atoms with Crippen molar-refractivity contribution in [3.8, 4) is 0 Å². The maximum Gasteiger partial charge on any atom is 0.102 e. The van der Waals surface area contributed by atoms with Crippen LogP contribution in [0, 0.1) is 5.92 Å². The summed E-state index contributed by atoms with van der Waals surface area (Å²) in [5.74, 6) is 0.908. The third-order valence-electron chi connectivity index (χ3n) is 7.85. The van der Waals surface area contributed by atoms with Crippen LogP contribution >= 0.6 is 0 Å². The molecule has 1 unspecified atom stereocenters. The first-order valence-electron chi connectivity index (χ1n) is 13.9. The van der Waals surface area contributed by atoms with E-state index in [2.05, 4.69) is 48.5 Å². The van der Waals surface area contributed by atoms with Gasteiger partial charge in [0.1, 0.15) is 5.54 Å². The second-order valence-corrected chi connectivity index (χ2v) is 9.93. The fraction of sp³-hybridized carbons (Fsp3) is 1.00. The van der Waals surface area contributed by atoms with Crippen LogP contribution in [0.15, 0.2) is 0 Å². The second-order valence-electron chi connectivity index (χ2n) is 9.93. The highest BCUT2D eigenvalue weighted by Gasteiger charge is 2.52. The first-order chi connectivity index (χ1) is 14.1. The zero-order chi connectivity index (χ0) is 22.0. The lowest BCUT2D eigenvalue weighted by atomic mass is 9.69. The molecule has 0 amide bonds. The molecule has 0 radical (unpaired) electrons. The lowest BCUT2D eigenvalue weighted by molar-refractivity contribution is -0.982. The monoisotopic (exact) mass is 489 g/mol. The van der Waals surface area contributed by atoms with Gasteiger partial charge in [0.25, 0.3) is 0 Å². The van der Waals surface area contributed by atoms with E-state index in [1.165, 1.54) is 127 Å². The predicted octanol–water partition coefficient (Wildman–Crippen LogP) is 6.54. The molecular weight excluding hydrogens is 430 g/mol. The van der Waals surface area contributed by atoms with E-state index in [1.807, 2.05) is 0 Å². The van der Waals surface area contributed by atoms with E-state index in [9.17, 15) is 0 Å². The smallest absolute Gasteiger partial charge is 0.102 e. The fourth-order valence-corrected chi connectivity index (χ4v) is 6.05. The van der Waals surface area contributed by atoms with Gasteiger partial charge >= 0.3 is 0 Å². The van der Waals surface area contributed by atoms with E-state index in [0.29, 0.717) is 5.54 Å². The molecule has 0 aliphatic heterocycles. The Morgan fingerprint density at radius 3 is 1.20 bits per heavy atom. The summed E-state index contributed by atoms with van der Waals surface area (Å²) in [5, 5.41) is 0. The molecule has 0 aliphatic carbocycles. The summed E-state index contributed by atoms with van der Waals surface area (Å²) in [5.41, 5.74) is 0.523. The molecule has 1 nitrogen and oxygen atoms in total. The largest absolute Gasteiger partial charge is 1.00 e. The summed E-state index contributed by atoms with van der Waals surface area (Å²) in [7, 11) is 0. The van der Waals surface area contributed by atoms with Gasteiger partial charge in [-0.3, -0.25) is 0 Å². The maximum atomic E-state index is 2.51. The van der Waals surface area contributed by atoms with Gasteiger partial charge < -0.3 is 21.5 Å². The van der Waals surface area contributed by atoms with Crippen LogP contribution in [-0.2, 0) is 0 Å². The van der Waals surface area contributed by atoms with Crippen LogP contribution in [-0.4, -0.2) is 29.7 Å². The van der Waals surface area contributed by atoms with E-state index in [0.717, 1.165) is 5.92 Å². The predicted molar refractivity (Wildman–Crippen MR) is 135 cm³/mol. The number of halogens is 1. The Hall–Kier alpha value is 0.440. The normalized spacial score (nSPS) is 13.3. The van der Waals surface area contributed by atoms with Crippen LogP contribution in [0.4, 0.5) is 0 Å². The number of rotatable bonds is 21. The van der Waals surface area contributed by atoms with E-state index >= 15 is 0 Å². The molecule has 0 spiro atoms. The third-order valence-corrected chi connectivity index (χ3v) is 7.85. The van der Waals surface area contributed by atoms with Gasteiger partial charge in [-0.2, -0.15) is 0 Å². The summed E-state index contributed by atoms with van der Waals surface area (Å²) in [6.45, 7) is 21.3. The topological polar surface area (TPSA) is 0 Å². The molecule has 0 rings (SSSR count). The van der Waals surface area contributed by atoms with Crippen molar-refractivity contribution in [2.45, 2.75) is 157 Å². The van der Waals surface area contributed by atoms with Gasteiger partial charge in [0.2, 0.25) is 0 Å². The summed E-state index contributed by atoms with van der Waals surface area (Å²) >= 11 is 0. The molecule has 184 valence electrons. The number of nitrogens with zero attached hydrogens (tertiary/aromatic N) is 1. The minimum atomic E-state index is 0. The van der Waals surface area contributed by atoms with Gasteiger partial charge in [-0.05, 0) is 44.9 Å². The molecule has 0 heterocycles. The number of hydrogen-bond donors (Lipinski definition) is 0. The molecule has 1 atom stereocenters. The quantitative estimate of drug-likeness (QED) is 0.160. The molecular formula is C28H60BrN. The molecule has 0 aromatic carbocycles. The maximum absolute atomic E-state index is 2.51. The lowest BCUT2D eigenvalue weighted by Gasteiger charge is -2.58. The van der Waals surface area contributed by atoms with Crippen molar-refractivity contribution >= 4 is 0 Å². The van der Waals surface area contributed by atoms with E-state index in [-0.39, 0.29) is 17.0 Å². The van der Waals surface area contributed by atoms with Gasteiger partial charge in [0.05, 0.1) is 19.6 Å². The number of quaternary nitrogens is 1. The Morgan fingerprint density at radius 1 is 0.533 bits per heavy atom. The van der Waals surface area contributed by atoms with Crippen molar-refractivity contribution in [3.63, 3.8) is 0 Å². The SMILES string of the molecule is CCCCC(CC)C(CCCC)(CCCC)[N+](CCCC)(CCCC)CCCC.[Br-]. The molecule has 0 saturated carbocycles. The average Bonchev–Trinajstić information content (AvgIpc) is 2.75. The summed E-state index contributed by atoms with van der Waals surface area (Å²) in [4.78, 5) is 0. The van der Waals surface area contributed by atoms with Gasteiger partial charge in [-0.25, -0.2) is 0 Å². The highest BCUT2D eigenvalue weighted by molar-refractivity contribution is 4.90. The van der Waals surface area contributed by atoms with E-state index in [1.54, 1.807) is 0 Å². The van der Waals surface area contributed by atoms with Crippen LogP contribution in [0.3, 0.4) is 0 Å². The average molecular weight is 491 g/mol. The minimum Gasteiger partial charge on any atom is -1.00 e. The Balaban J connectivity index is 0. The Kier molecular flexibility index (Phi) is 21.8. The van der Waals surface area contributed by atoms with Crippen LogP contribution in [0.5, 0.6) is 0 Å². The van der Waals surface area contributed by atoms with Gasteiger partial charge in [-0.15, -0.1) is 0 Å². The van der Waals surface area contributed by atoms with Crippen molar-refractivity contribution in [1.82, 2.24) is 0 Å². The van der Waals surface area contributed by atoms with Crippen LogP contribution < -0.4 is 17.0 Å². The van der Waals surface area contributed by atoms with Gasteiger partial charge in [0, 0.05) is 18.8 Å². The van der Waals surface area contributed by atoms with Crippen LogP contribution in [0.2, 0.25) is 0 Å². The number of unbranched alkanes of at least 4 members (excludes halogenated alkanes) is 6. The molecule has 0 fully saturated rings. The lowest BCUT2D eigenvalue weighted by Crippen LogP contribution is -3.00. The van der Waals surface area contributed by atoms with E-state index in [4.69, 9.17) is 0 Å². The molecule has 0 N–H and O–H groups in total. The van der Waals surface area contributed by atoms with Crippen molar-refractivity contribution < 1.29 is 21.5 Å². The minimum absolute atomic E-state index is 0. The Morgan fingerprint density at radius 2 is 0.900 bits per heavy atom. The van der Waals surface area contributed by atoms with E-state index < -0.39 is 0 Å². The summed E-state index contributed by atoms with van der Waals surface area (Å²) < 4.78 is 1.46. The summed E-state index contributed by atoms with van der Waals surface area (Å²) in [6, 6.07) is 0. The van der Waals surface area contributed by atoms with Crippen LogP contribution in [0.25, 0.3) is 0 Å². The standard InChI is InChI=1S/C28H60N.BrH/c1-8-15-21-27(14-7)28(22-16-9-2,23-17-10-3)29(24-18-11-4,25-19-12-5)26-20-13-6;/h27H,8-26H2,1-7H3;1H/q+1;/p-1.